The Bertz CT molecular complexity index is 1220. The summed E-state index contributed by atoms with van der Waals surface area (Å²) in [5.41, 5.74) is 3.38. The fourth-order valence-corrected chi connectivity index (χ4v) is 3.94. The van der Waals surface area contributed by atoms with Gasteiger partial charge in [-0.05, 0) is 40.1 Å². The van der Waals surface area contributed by atoms with E-state index in [1.54, 1.807) is 10.8 Å². The third-order valence-corrected chi connectivity index (χ3v) is 5.15. The van der Waals surface area contributed by atoms with Gasteiger partial charge in [0, 0.05) is 17.1 Å². The zero-order valence-corrected chi connectivity index (χ0v) is 14.1. The van der Waals surface area contributed by atoms with Gasteiger partial charge in [-0.2, -0.15) is 0 Å². The van der Waals surface area contributed by atoms with Crippen molar-refractivity contribution < 1.29 is 14.3 Å². The number of benzene rings is 3. The molecule has 0 radical (unpaired) electrons. The Morgan fingerprint density at radius 2 is 1.65 bits per heavy atom. The molecule has 0 bridgehead atoms. The molecule has 0 saturated heterocycles. The van der Waals surface area contributed by atoms with E-state index in [1.807, 2.05) is 54.6 Å². The van der Waals surface area contributed by atoms with Gasteiger partial charge >= 0.3 is 5.97 Å². The van der Waals surface area contributed by atoms with Gasteiger partial charge < -0.3 is 4.74 Å². The number of methoxy groups -OCH3 is 1. The predicted octanol–water partition coefficient (Wildman–Crippen LogP) is 4.37. The van der Waals surface area contributed by atoms with Crippen LogP contribution in [0.15, 0.2) is 66.9 Å². The molecule has 4 heteroatoms. The van der Waals surface area contributed by atoms with E-state index in [0.717, 1.165) is 32.8 Å². The lowest BCUT2D eigenvalue weighted by Crippen LogP contribution is -2.26. The second kappa shape index (κ2) is 5.30. The first-order valence-electron chi connectivity index (χ1n) is 8.44. The highest BCUT2D eigenvalue weighted by molar-refractivity contribution is 6.14. The monoisotopic (exact) mass is 341 g/mol. The quantitative estimate of drug-likeness (QED) is 0.381. The van der Waals surface area contributed by atoms with Gasteiger partial charge in [0.05, 0.1) is 12.6 Å². The largest absolute Gasteiger partial charge is 0.468 e. The van der Waals surface area contributed by atoms with Gasteiger partial charge in [0.2, 0.25) is 5.91 Å². The number of rotatable bonds is 1. The Morgan fingerprint density at radius 3 is 2.42 bits per heavy atom. The lowest BCUT2D eigenvalue weighted by molar-refractivity contribution is -0.141. The molecule has 0 N–H and O–H groups in total. The zero-order valence-electron chi connectivity index (χ0n) is 14.1. The number of aromatic nitrogens is 1. The maximum Gasteiger partial charge on any atom is 0.322 e. The average Bonchev–Trinajstić information content (AvgIpc) is 3.07. The maximum absolute atomic E-state index is 13.2. The predicted molar refractivity (Wildman–Crippen MR) is 100 cm³/mol. The molecule has 126 valence electrons. The number of carbonyl (C=O) groups is 2. The molecule has 1 aliphatic rings. The van der Waals surface area contributed by atoms with Crippen LogP contribution in [0, 0.1) is 0 Å². The first-order valence-corrected chi connectivity index (χ1v) is 8.44. The van der Waals surface area contributed by atoms with Gasteiger partial charge in [0.15, 0.2) is 5.92 Å². The molecule has 0 amide bonds. The van der Waals surface area contributed by atoms with E-state index in [-0.39, 0.29) is 5.91 Å². The van der Waals surface area contributed by atoms with Crippen LogP contribution in [0.25, 0.3) is 32.8 Å². The molecule has 26 heavy (non-hydrogen) atoms. The summed E-state index contributed by atoms with van der Waals surface area (Å²) in [6.45, 7) is 0. The molecule has 0 saturated carbocycles. The highest BCUT2D eigenvalue weighted by atomic mass is 16.5. The topological polar surface area (TPSA) is 48.3 Å². The molecule has 0 fully saturated rings. The van der Waals surface area contributed by atoms with Gasteiger partial charge in [0.25, 0.3) is 0 Å². The highest BCUT2D eigenvalue weighted by Gasteiger charge is 2.36. The minimum Gasteiger partial charge on any atom is -0.468 e. The third kappa shape index (κ3) is 1.90. The third-order valence-electron chi connectivity index (χ3n) is 5.15. The summed E-state index contributed by atoms with van der Waals surface area (Å²) >= 11 is 0. The molecule has 2 heterocycles. The lowest BCUT2D eigenvalue weighted by Gasteiger charge is -2.16. The van der Waals surface area contributed by atoms with Crippen molar-refractivity contribution in [2.75, 3.05) is 7.11 Å². The van der Waals surface area contributed by atoms with E-state index in [9.17, 15) is 9.59 Å². The standard InChI is InChI=1S/C22H15NO3/c1-26-22(25)19-18-12-15-6-3-2-5-14(15)11-17(18)16-8-4-7-13-9-10-23(20(13)16)21(19)24/h2-12,19H,1H3/t19-/m1/s1. The fourth-order valence-electron chi connectivity index (χ4n) is 3.94. The van der Waals surface area contributed by atoms with E-state index in [4.69, 9.17) is 4.74 Å². The number of fused-ring (bicyclic) bond motifs is 3. The van der Waals surface area contributed by atoms with E-state index in [1.165, 1.54) is 7.11 Å². The Hall–Kier alpha value is -3.40. The molecular formula is C22H15NO3. The van der Waals surface area contributed by atoms with Crippen LogP contribution in [0.5, 0.6) is 0 Å². The van der Waals surface area contributed by atoms with Crippen LogP contribution in [0.1, 0.15) is 16.3 Å². The molecule has 1 aliphatic heterocycles. The van der Waals surface area contributed by atoms with E-state index in [2.05, 4.69) is 6.07 Å². The van der Waals surface area contributed by atoms with Crippen molar-refractivity contribution in [1.29, 1.82) is 0 Å². The Balaban J connectivity index is 1.96. The molecule has 0 aliphatic carbocycles. The number of ether oxygens (including phenoxy) is 1. The van der Waals surface area contributed by atoms with Crippen LogP contribution < -0.4 is 0 Å². The summed E-state index contributed by atoms with van der Waals surface area (Å²) in [4.78, 5) is 25.8. The van der Waals surface area contributed by atoms with Crippen molar-refractivity contribution in [1.82, 2.24) is 4.57 Å². The van der Waals surface area contributed by atoms with Gasteiger partial charge in [0.1, 0.15) is 0 Å². The number of esters is 1. The van der Waals surface area contributed by atoms with Crippen LogP contribution in [-0.4, -0.2) is 23.6 Å². The van der Waals surface area contributed by atoms with Crippen LogP contribution >= 0.6 is 0 Å². The lowest BCUT2D eigenvalue weighted by atomic mass is 9.88. The molecule has 1 atom stereocenters. The van der Waals surface area contributed by atoms with Crippen LogP contribution in [0.4, 0.5) is 0 Å². The van der Waals surface area contributed by atoms with Gasteiger partial charge in [-0.15, -0.1) is 0 Å². The van der Waals surface area contributed by atoms with E-state index >= 15 is 0 Å². The first-order chi connectivity index (χ1) is 12.7. The molecule has 5 rings (SSSR count). The van der Waals surface area contributed by atoms with Crippen LogP contribution in [0.3, 0.4) is 0 Å². The SMILES string of the molecule is COC(=O)[C@H]1C(=O)n2ccc3cccc(c32)-c2cc3ccccc3cc21. The first kappa shape index (κ1) is 14.9. The Morgan fingerprint density at radius 1 is 0.923 bits per heavy atom. The van der Waals surface area contributed by atoms with Crippen molar-refractivity contribution in [3.63, 3.8) is 0 Å². The summed E-state index contributed by atoms with van der Waals surface area (Å²) < 4.78 is 6.56. The van der Waals surface area contributed by atoms with Crippen LogP contribution in [0.2, 0.25) is 0 Å². The van der Waals surface area contributed by atoms with Crippen LogP contribution in [-0.2, 0) is 9.53 Å². The smallest absolute Gasteiger partial charge is 0.322 e. The number of para-hydroxylation sites is 1. The minimum absolute atomic E-state index is 0.284. The fraction of sp³-hybridized carbons (Fsp3) is 0.0909. The molecule has 0 spiro atoms. The second-order valence-corrected chi connectivity index (χ2v) is 6.51. The number of nitrogens with zero attached hydrogens (tertiary/aromatic N) is 1. The summed E-state index contributed by atoms with van der Waals surface area (Å²) in [5.74, 6) is -1.81. The molecular weight excluding hydrogens is 326 g/mol. The Labute approximate surface area is 149 Å². The normalized spacial score (nSPS) is 15.7. The number of carbonyl (C=O) groups excluding carboxylic acids is 2. The number of hydrogen-bond donors (Lipinski definition) is 0. The van der Waals surface area contributed by atoms with Crippen molar-refractivity contribution in [2.45, 2.75) is 5.92 Å². The van der Waals surface area contributed by atoms with Gasteiger partial charge in [-0.25, -0.2) is 0 Å². The highest BCUT2D eigenvalue weighted by Crippen LogP contribution is 2.41. The van der Waals surface area contributed by atoms with E-state index in [0.29, 0.717) is 5.56 Å². The van der Waals surface area contributed by atoms with Crippen molar-refractivity contribution in [2.24, 2.45) is 0 Å². The molecule has 1 aromatic heterocycles. The number of hydrogen-bond acceptors (Lipinski definition) is 3. The molecule has 3 aromatic carbocycles. The van der Waals surface area contributed by atoms with Gasteiger partial charge in [-0.1, -0.05) is 42.5 Å². The van der Waals surface area contributed by atoms with E-state index < -0.39 is 11.9 Å². The Kier molecular flexibility index (Phi) is 3.04. The second-order valence-electron chi connectivity index (χ2n) is 6.51. The van der Waals surface area contributed by atoms with Crippen molar-refractivity contribution in [3.8, 4) is 11.1 Å². The minimum atomic E-state index is -0.984. The van der Waals surface area contributed by atoms with Crippen molar-refractivity contribution in [3.05, 3.63) is 72.4 Å². The molecule has 4 aromatic rings. The van der Waals surface area contributed by atoms with Gasteiger partial charge in [-0.3, -0.25) is 14.2 Å². The summed E-state index contributed by atoms with van der Waals surface area (Å²) in [6.07, 6.45) is 1.73. The summed E-state index contributed by atoms with van der Waals surface area (Å²) in [6, 6.07) is 19.8. The van der Waals surface area contributed by atoms with Crippen molar-refractivity contribution >= 4 is 33.6 Å². The zero-order chi connectivity index (χ0) is 17.8. The maximum atomic E-state index is 13.2. The molecule has 0 unspecified atom stereocenters. The summed E-state index contributed by atoms with van der Waals surface area (Å²) in [5, 5.41) is 3.03. The molecule has 4 nitrogen and oxygen atoms in total. The average molecular weight is 341 g/mol. The summed E-state index contributed by atoms with van der Waals surface area (Å²) in [7, 11) is 1.32.